The van der Waals surface area contributed by atoms with Gasteiger partial charge in [0, 0.05) is 33.3 Å². The predicted molar refractivity (Wildman–Crippen MR) is 194 cm³/mol. The van der Waals surface area contributed by atoms with Gasteiger partial charge in [-0.3, -0.25) is 0 Å². The first kappa shape index (κ1) is 26.1. The quantitative estimate of drug-likeness (QED) is 0.189. The molecule has 0 saturated heterocycles. The van der Waals surface area contributed by atoms with Crippen LogP contribution in [0.4, 0.5) is 17.1 Å². The van der Waals surface area contributed by atoms with Gasteiger partial charge in [0.15, 0.2) is 0 Å². The molecule has 0 bridgehead atoms. The van der Waals surface area contributed by atoms with Gasteiger partial charge in [0.2, 0.25) is 0 Å². The van der Waals surface area contributed by atoms with E-state index in [0.29, 0.717) is 0 Å². The zero-order valence-corrected chi connectivity index (χ0v) is 26.3. The van der Waals surface area contributed by atoms with E-state index in [1.165, 1.54) is 59.9 Å². The normalized spacial score (nSPS) is 13.3. The van der Waals surface area contributed by atoms with Crippen molar-refractivity contribution in [3.8, 4) is 22.3 Å². The average molecular weight is 594 g/mol. The molecule has 8 aromatic rings. The standard InChI is InChI=1S/C42H31NOSi/c1-45(2)39-25-24-35-34-17-9-11-19-38(34)44-42(35)41(39)36-23-22-32(27-40(36)45)43(31-14-4-3-5-15-31)37-18-10-8-16-33(37)30-21-20-28-12-6-7-13-29(28)26-30/h3-27H,1-2H3. The molecule has 0 fully saturated rings. The maximum atomic E-state index is 6.57. The molecule has 1 aliphatic heterocycles. The van der Waals surface area contributed by atoms with Crippen LogP contribution < -0.4 is 15.3 Å². The van der Waals surface area contributed by atoms with Gasteiger partial charge in [-0.2, -0.15) is 0 Å². The van der Waals surface area contributed by atoms with Crippen LogP contribution in [0.3, 0.4) is 0 Å². The first-order chi connectivity index (χ1) is 22.1. The molecule has 0 radical (unpaired) electrons. The number of benzene rings is 7. The number of nitrogens with zero attached hydrogens (tertiary/aromatic N) is 1. The van der Waals surface area contributed by atoms with Crippen molar-refractivity contribution < 1.29 is 4.42 Å². The Morgan fingerprint density at radius 1 is 0.511 bits per heavy atom. The molecule has 7 aromatic carbocycles. The summed E-state index contributed by atoms with van der Waals surface area (Å²) in [5.41, 5.74) is 10.4. The molecule has 2 nitrogen and oxygen atoms in total. The lowest BCUT2D eigenvalue weighted by atomic mass is 9.98. The number of rotatable bonds is 4. The second kappa shape index (κ2) is 9.81. The second-order valence-corrected chi connectivity index (χ2v) is 16.9. The third-order valence-corrected chi connectivity index (χ3v) is 13.2. The number of hydrogen-bond acceptors (Lipinski definition) is 2. The summed E-state index contributed by atoms with van der Waals surface area (Å²) in [6.07, 6.45) is 0. The highest BCUT2D eigenvalue weighted by Crippen LogP contribution is 2.44. The predicted octanol–water partition coefficient (Wildman–Crippen LogP) is 10.7. The fraction of sp³-hybridized carbons (Fsp3) is 0.0476. The van der Waals surface area contributed by atoms with Crippen molar-refractivity contribution in [1.82, 2.24) is 0 Å². The Balaban J connectivity index is 1.25. The van der Waals surface area contributed by atoms with Crippen LogP contribution in [-0.4, -0.2) is 8.07 Å². The summed E-state index contributed by atoms with van der Waals surface area (Å²) >= 11 is 0. The maximum absolute atomic E-state index is 6.57. The minimum Gasteiger partial charge on any atom is -0.455 e. The fourth-order valence-corrected chi connectivity index (χ4v) is 10.5. The van der Waals surface area contributed by atoms with Gasteiger partial charge in [0.25, 0.3) is 0 Å². The van der Waals surface area contributed by atoms with E-state index in [0.717, 1.165) is 22.5 Å². The van der Waals surface area contributed by atoms with Gasteiger partial charge in [-0.25, -0.2) is 0 Å². The molecule has 0 spiro atoms. The molecule has 45 heavy (non-hydrogen) atoms. The summed E-state index contributed by atoms with van der Waals surface area (Å²) in [5.74, 6) is 0. The molecule has 0 unspecified atom stereocenters. The van der Waals surface area contributed by atoms with Crippen molar-refractivity contribution in [1.29, 1.82) is 0 Å². The molecule has 0 amide bonds. The van der Waals surface area contributed by atoms with Gasteiger partial charge in [-0.15, -0.1) is 0 Å². The third-order valence-electron chi connectivity index (χ3n) is 9.64. The van der Waals surface area contributed by atoms with Crippen LogP contribution in [0.5, 0.6) is 0 Å². The molecule has 3 heteroatoms. The zero-order valence-electron chi connectivity index (χ0n) is 25.3. The Labute approximate surface area is 263 Å². The van der Waals surface area contributed by atoms with Gasteiger partial charge < -0.3 is 9.32 Å². The third kappa shape index (κ3) is 3.94. The van der Waals surface area contributed by atoms with E-state index >= 15 is 0 Å². The van der Waals surface area contributed by atoms with Crippen LogP contribution in [0.2, 0.25) is 13.1 Å². The molecule has 0 atom stereocenters. The fourth-order valence-electron chi connectivity index (χ4n) is 7.40. The zero-order chi connectivity index (χ0) is 30.1. The molecule has 1 aromatic heterocycles. The van der Waals surface area contributed by atoms with E-state index in [2.05, 4.69) is 170 Å². The summed E-state index contributed by atoms with van der Waals surface area (Å²) in [4.78, 5) is 2.43. The summed E-state index contributed by atoms with van der Waals surface area (Å²) in [5, 5.41) is 7.77. The molecule has 9 rings (SSSR count). The minimum atomic E-state index is -2.02. The monoisotopic (exact) mass is 593 g/mol. The molecular formula is C42H31NOSi. The smallest absolute Gasteiger partial charge is 0.143 e. The lowest BCUT2D eigenvalue weighted by molar-refractivity contribution is 0.670. The number of furan rings is 1. The van der Waals surface area contributed by atoms with Crippen molar-refractivity contribution in [2.75, 3.05) is 4.90 Å². The van der Waals surface area contributed by atoms with E-state index < -0.39 is 8.07 Å². The summed E-state index contributed by atoms with van der Waals surface area (Å²) in [6.45, 7) is 4.96. The summed E-state index contributed by atoms with van der Waals surface area (Å²) < 4.78 is 6.57. The molecular weight excluding hydrogens is 563 g/mol. The largest absolute Gasteiger partial charge is 0.455 e. The molecule has 0 aliphatic carbocycles. The second-order valence-electron chi connectivity index (χ2n) is 12.6. The average Bonchev–Trinajstić information content (AvgIpc) is 3.57. The Morgan fingerprint density at radius 3 is 2.16 bits per heavy atom. The van der Waals surface area contributed by atoms with Crippen LogP contribution in [-0.2, 0) is 0 Å². The van der Waals surface area contributed by atoms with E-state index in [-0.39, 0.29) is 0 Å². The van der Waals surface area contributed by atoms with Crippen LogP contribution in [0.1, 0.15) is 0 Å². The lowest BCUT2D eigenvalue weighted by Crippen LogP contribution is -2.49. The lowest BCUT2D eigenvalue weighted by Gasteiger charge is -2.29. The van der Waals surface area contributed by atoms with Crippen molar-refractivity contribution in [2.45, 2.75) is 13.1 Å². The van der Waals surface area contributed by atoms with Crippen LogP contribution in [0.15, 0.2) is 156 Å². The first-order valence-corrected chi connectivity index (χ1v) is 18.6. The molecule has 214 valence electrons. The highest BCUT2D eigenvalue weighted by atomic mass is 28.3. The maximum Gasteiger partial charge on any atom is 0.143 e. The number of para-hydroxylation sites is 3. The van der Waals surface area contributed by atoms with E-state index in [4.69, 9.17) is 4.42 Å². The highest BCUT2D eigenvalue weighted by molar-refractivity contribution is 7.04. The Morgan fingerprint density at radius 2 is 1.27 bits per heavy atom. The Kier molecular flexibility index (Phi) is 5.68. The number of fused-ring (bicyclic) bond motifs is 8. The molecule has 0 N–H and O–H groups in total. The Hall–Kier alpha value is -5.38. The van der Waals surface area contributed by atoms with Crippen molar-refractivity contribution in [3.63, 3.8) is 0 Å². The molecule has 0 saturated carbocycles. The van der Waals surface area contributed by atoms with E-state index in [1.54, 1.807) is 0 Å². The van der Waals surface area contributed by atoms with Crippen LogP contribution in [0, 0.1) is 0 Å². The van der Waals surface area contributed by atoms with Crippen LogP contribution in [0.25, 0.3) is 55.0 Å². The van der Waals surface area contributed by atoms with E-state index in [1.807, 2.05) is 0 Å². The van der Waals surface area contributed by atoms with Gasteiger partial charge >= 0.3 is 0 Å². The minimum absolute atomic E-state index is 0.950. The van der Waals surface area contributed by atoms with Crippen LogP contribution >= 0.6 is 0 Å². The van der Waals surface area contributed by atoms with Crippen molar-refractivity contribution in [3.05, 3.63) is 152 Å². The number of anilines is 3. The van der Waals surface area contributed by atoms with Crippen molar-refractivity contribution in [2.24, 2.45) is 0 Å². The van der Waals surface area contributed by atoms with Gasteiger partial charge in [0.05, 0.1) is 5.69 Å². The Bertz CT molecular complexity index is 2420. The van der Waals surface area contributed by atoms with Gasteiger partial charge in [-0.05, 0) is 74.7 Å². The number of hydrogen-bond donors (Lipinski definition) is 0. The molecule has 2 heterocycles. The topological polar surface area (TPSA) is 16.4 Å². The first-order valence-electron chi connectivity index (χ1n) is 15.6. The summed E-state index contributed by atoms with van der Waals surface area (Å²) in [7, 11) is -2.02. The van der Waals surface area contributed by atoms with Crippen molar-refractivity contribution >= 4 is 68.2 Å². The van der Waals surface area contributed by atoms with Gasteiger partial charge in [-0.1, -0.05) is 122 Å². The SMILES string of the molecule is C[Si]1(C)c2cc(N(c3ccccc3)c3ccccc3-c3ccc4ccccc4c3)ccc2-c2c1ccc1c2oc2ccccc21. The van der Waals surface area contributed by atoms with E-state index in [9.17, 15) is 0 Å². The molecule has 1 aliphatic rings. The van der Waals surface area contributed by atoms with Gasteiger partial charge in [0.1, 0.15) is 19.2 Å². The summed E-state index contributed by atoms with van der Waals surface area (Å²) in [6, 6.07) is 55.0. The highest BCUT2D eigenvalue weighted by Gasteiger charge is 2.40.